The molecule has 3 heterocycles. The van der Waals surface area contributed by atoms with Crippen LogP contribution in [0.2, 0.25) is 35.7 Å². The number of nitrogens with one attached hydrogen (secondary N) is 1. The number of imidazole rings is 1. The third-order valence-electron chi connectivity index (χ3n) is 11.2. The Hall–Kier alpha value is -3.11. The van der Waals surface area contributed by atoms with Crippen molar-refractivity contribution in [1.82, 2.24) is 14.5 Å². The van der Waals surface area contributed by atoms with Crippen LogP contribution in [0, 0.1) is 5.82 Å². The molecule has 292 valence electrons. The number of aryl methyl sites for hydroxylation is 1. The van der Waals surface area contributed by atoms with Gasteiger partial charge in [0.05, 0.1) is 23.8 Å². The van der Waals surface area contributed by atoms with Gasteiger partial charge in [-0.15, -0.1) is 0 Å². The fraction of sp³-hybridized carbons (Fsp3) is 0.429. The molecule has 2 aromatic heterocycles. The second-order valence-corrected chi connectivity index (χ2v) is 27.7. The first-order valence-corrected chi connectivity index (χ1v) is 26.0. The van der Waals surface area contributed by atoms with E-state index in [4.69, 9.17) is 35.8 Å². The standard InChI is InChI=1S/C42H51BrClFN4O4Si2/c1-42(2,55(50,32-12-8-6-9-13-32)33-14-10-7-11-15-33)19-18-30-24-31(26-52-30)53-41-47-37-25-34(44)39(48-40(37)49(41)27-51-20-21-54(3,4)5)46-36-17-16-28-22-29(43)23-35(45)38(28)36/h6-15,22-23,25,30-31,36,50H,16-21,24,26-27H2,1-5H3,(H,46,48)/t30-,31+,36?/m1/s1. The maximum Gasteiger partial charge on any atom is 0.300 e. The molecule has 0 amide bonds. The Morgan fingerprint density at radius 1 is 1.04 bits per heavy atom. The molecule has 1 aliphatic carbocycles. The maximum atomic E-state index is 15.1. The molecule has 0 radical (unpaired) electrons. The summed E-state index contributed by atoms with van der Waals surface area (Å²) in [4.78, 5) is 22.4. The van der Waals surface area contributed by atoms with Crippen molar-refractivity contribution >= 4 is 71.3 Å². The molecule has 2 aliphatic rings. The fourth-order valence-electron chi connectivity index (χ4n) is 7.95. The second-order valence-electron chi connectivity index (χ2n) is 16.8. The fourth-order valence-corrected chi connectivity index (χ4v) is 13.1. The zero-order valence-corrected chi connectivity index (χ0v) is 36.6. The third-order valence-corrected chi connectivity index (χ3v) is 18.2. The molecule has 0 saturated carbocycles. The third kappa shape index (κ3) is 8.75. The van der Waals surface area contributed by atoms with Crippen LogP contribution in [0.4, 0.5) is 10.2 Å². The number of hydrogen-bond donors (Lipinski definition) is 2. The summed E-state index contributed by atoms with van der Waals surface area (Å²) in [5, 5.41) is 5.46. The average molecular weight is 866 g/mol. The Labute approximate surface area is 339 Å². The minimum absolute atomic E-state index is 0.0291. The lowest BCUT2D eigenvalue weighted by atomic mass is 10.0. The van der Waals surface area contributed by atoms with Gasteiger partial charge in [-0.1, -0.05) is 122 Å². The monoisotopic (exact) mass is 864 g/mol. The summed E-state index contributed by atoms with van der Waals surface area (Å²) in [5.41, 5.74) is 2.79. The van der Waals surface area contributed by atoms with E-state index in [1.807, 2.05) is 47.0 Å². The molecule has 8 nitrogen and oxygen atoms in total. The number of benzene rings is 3. The van der Waals surface area contributed by atoms with Crippen molar-refractivity contribution in [2.75, 3.05) is 18.5 Å². The Morgan fingerprint density at radius 3 is 2.40 bits per heavy atom. The molecule has 0 spiro atoms. The van der Waals surface area contributed by atoms with Crippen LogP contribution in [-0.2, 0) is 22.6 Å². The first kappa shape index (κ1) is 40.1. The van der Waals surface area contributed by atoms with Gasteiger partial charge in [-0.3, -0.25) is 4.57 Å². The number of rotatable bonds is 15. The molecule has 0 bridgehead atoms. The summed E-state index contributed by atoms with van der Waals surface area (Å²) in [6, 6.07) is 26.7. The largest absolute Gasteiger partial charge is 0.459 e. The van der Waals surface area contributed by atoms with Crippen LogP contribution >= 0.6 is 27.5 Å². The Bertz CT molecular complexity index is 2080. The quantitative estimate of drug-likeness (QED) is 0.0802. The Balaban J connectivity index is 1.08. The SMILES string of the molecule is CC(C)(CC[C@@H]1C[C@H](Oc2nc3cc(Cl)c(NC4CCc5cc(Br)cc(F)c54)nc3n2COCC[Si](C)(C)C)CO1)[Si](O)(c1ccccc1)c1ccccc1. The molecule has 3 atom stereocenters. The number of hydrogen-bond acceptors (Lipinski definition) is 7. The van der Waals surface area contributed by atoms with Crippen LogP contribution in [-0.4, -0.2) is 61.1 Å². The van der Waals surface area contributed by atoms with Crippen LogP contribution in [0.5, 0.6) is 6.01 Å². The second kappa shape index (κ2) is 16.4. The molecule has 1 saturated heterocycles. The lowest BCUT2D eigenvalue weighted by molar-refractivity contribution is 0.0670. The van der Waals surface area contributed by atoms with Crippen molar-refractivity contribution < 1.29 is 23.4 Å². The van der Waals surface area contributed by atoms with E-state index in [0.29, 0.717) is 53.2 Å². The number of aromatic nitrogens is 3. The molecule has 1 aliphatic heterocycles. The van der Waals surface area contributed by atoms with E-state index in [-0.39, 0.29) is 35.8 Å². The summed E-state index contributed by atoms with van der Waals surface area (Å²) in [5.74, 6) is 0.212. The van der Waals surface area contributed by atoms with Gasteiger partial charge < -0.3 is 24.3 Å². The molecule has 55 heavy (non-hydrogen) atoms. The summed E-state index contributed by atoms with van der Waals surface area (Å²) in [7, 11) is -4.45. The first-order valence-electron chi connectivity index (χ1n) is 19.2. The summed E-state index contributed by atoms with van der Waals surface area (Å²) >= 11 is 10.2. The van der Waals surface area contributed by atoms with Crippen molar-refractivity contribution in [3.8, 4) is 6.01 Å². The zero-order chi connectivity index (χ0) is 39.0. The lowest BCUT2D eigenvalue weighted by Crippen LogP contribution is -2.65. The molecule has 7 rings (SSSR count). The molecule has 2 N–H and O–H groups in total. The summed E-state index contributed by atoms with van der Waals surface area (Å²) < 4.78 is 36.9. The van der Waals surface area contributed by atoms with Gasteiger partial charge in [-0.25, -0.2) is 9.37 Å². The van der Waals surface area contributed by atoms with Crippen LogP contribution in [0.3, 0.4) is 0 Å². The van der Waals surface area contributed by atoms with E-state index in [1.165, 1.54) is 6.07 Å². The highest BCUT2D eigenvalue weighted by atomic mass is 79.9. The number of halogens is 3. The number of fused-ring (bicyclic) bond motifs is 2. The molecule has 5 aromatic rings. The topological polar surface area (TPSA) is 90.7 Å². The Kier molecular flexibility index (Phi) is 12.0. The summed E-state index contributed by atoms with van der Waals surface area (Å²) in [6.45, 7) is 12.6. The smallest absolute Gasteiger partial charge is 0.300 e. The van der Waals surface area contributed by atoms with Gasteiger partial charge in [0, 0.05) is 31.1 Å². The summed E-state index contributed by atoms with van der Waals surface area (Å²) in [6.07, 6.45) is 3.49. The molecule has 13 heteroatoms. The lowest BCUT2D eigenvalue weighted by Gasteiger charge is -2.41. The van der Waals surface area contributed by atoms with Gasteiger partial charge >= 0.3 is 6.01 Å². The molecule has 1 fully saturated rings. The molecule has 3 aromatic carbocycles. The number of pyridine rings is 1. The highest BCUT2D eigenvalue weighted by molar-refractivity contribution is 9.10. The van der Waals surface area contributed by atoms with Crippen LogP contribution in [0.15, 0.2) is 83.3 Å². The van der Waals surface area contributed by atoms with Crippen molar-refractivity contribution in [3.63, 3.8) is 0 Å². The van der Waals surface area contributed by atoms with Gasteiger partial charge in [0.1, 0.15) is 30.0 Å². The van der Waals surface area contributed by atoms with Crippen molar-refractivity contribution in [2.24, 2.45) is 0 Å². The Morgan fingerprint density at radius 2 is 1.73 bits per heavy atom. The van der Waals surface area contributed by atoms with Gasteiger partial charge in [0.2, 0.25) is 0 Å². The van der Waals surface area contributed by atoms with Crippen LogP contribution in [0.25, 0.3) is 11.2 Å². The van der Waals surface area contributed by atoms with Crippen molar-refractivity contribution in [1.29, 1.82) is 0 Å². The van der Waals surface area contributed by atoms with E-state index in [9.17, 15) is 4.80 Å². The molecular formula is C42H51BrClFN4O4Si2. The normalized spacial score (nSPS) is 18.9. The van der Waals surface area contributed by atoms with Gasteiger partial charge in [0.15, 0.2) is 5.65 Å². The minimum atomic E-state index is -3.13. The van der Waals surface area contributed by atoms with Gasteiger partial charge in [-0.2, -0.15) is 4.98 Å². The number of ether oxygens (including phenoxy) is 3. The average Bonchev–Trinajstić information content (AvgIpc) is 3.86. The minimum Gasteiger partial charge on any atom is -0.459 e. The maximum absolute atomic E-state index is 15.1. The van der Waals surface area contributed by atoms with Crippen molar-refractivity contribution in [3.05, 3.63) is 105 Å². The zero-order valence-electron chi connectivity index (χ0n) is 32.2. The van der Waals surface area contributed by atoms with E-state index in [0.717, 1.165) is 52.1 Å². The highest BCUT2D eigenvalue weighted by Crippen LogP contribution is 2.42. The van der Waals surface area contributed by atoms with E-state index < -0.39 is 16.4 Å². The van der Waals surface area contributed by atoms with Crippen LogP contribution in [0.1, 0.15) is 56.7 Å². The van der Waals surface area contributed by atoms with E-state index in [2.05, 4.69) is 79.0 Å². The first-order chi connectivity index (χ1) is 26.2. The van der Waals surface area contributed by atoms with Gasteiger partial charge in [-0.05, 0) is 70.9 Å². The highest BCUT2D eigenvalue weighted by Gasteiger charge is 2.50. The predicted octanol–water partition coefficient (Wildman–Crippen LogP) is 9.25. The molecular weight excluding hydrogens is 815 g/mol. The molecule has 1 unspecified atom stereocenters. The van der Waals surface area contributed by atoms with Crippen LogP contribution < -0.4 is 20.4 Å². The van der Waals surface area contributed by atoms with Crippen molar-refractivity contribution in [2.45, 2.75) is 102 Å². The predicted molar refractivity (Wildman–Crippen MR) is 228 cm³/mol. The number of nitrogens with zero attached hydrogens (tertiary/aromatic N) is 3. The van der Waals surface area contributed by atoms with E-state index >= 15 is 4.39 Å². The number of anilines is 1. The van der Waals surface area contributed by atoms with E-state index in [1.54, 1.807) is 6.07 Å². The van der Waals surface area contributed by atoms with Gasteiger partial charge in [0.25, 0.3) is 8.32 Å².